The third kappa shape index (κ3) is 5.30. The van der Waals surface area contributed by atoms with Crippen LogP contribution in [0, 0.1) is 0 Å². The average molecular weight is 356 g/mol. The van der Waals surface area contributed by atoms with E-state index in [-0.39, 0.29) is 12.2 Å². The van der Waals surface area contributed by atoms with E-state index in [9.17, 15) is 18.3 Å². The van der Waals surface area contributed by atoms with Gasteiger partial charge in [0.2, 0.25) is 0 Å². The largest absolute Gasteiger partial charge is 0.418 e. The van der Waals surface area contributed by atoms with Gasteiger partial charge in [0, 0.05) is 36.8 Å². The maximum atomic E-state index is 12.9. The van der Waals surface area contributed by atoms with E-state index in [0.29, 0.717) is 17.5 Å². The van der Waals surface area contributed by atoms with Crippen LogP contribution >= 0.6 is 15.9 Å². The molecule has 0 saturated heterocycles. The molecule has 0 amide bonds. The number of halogens is 4. The number of methoxy groups -OCH3 is 1. The van der Waals surface area contributed by atoms with Crippen molar-refractivity contribution in [2.45, 2.75) is 25.1 Å². The summed E-state index contributed by atoms with van der Waals surface area (Å²) in [7, 11) is 1.50. The van der Waals surface area contributed by atoms with Gasteiger partial charge in [-0.3, -0.25) is 0 Å². The van der Waals surface area contributed by atoms with Crippen LogP contribution in [0.1, 0.15) is 18.9 Å². The number of nitrogens with one attached hydrogen (secondary N) is 1. The van der Waals surface area contributed by atoms with E-state index < -0.39 is 17.3 Å². The van der Waals surface area contributed by atoms with E-state index in [4.69, 9.17) is 4.74 Å². The van der Waals surface area contributed by atoms with Gasteiger partial charge in [-0.2, -0.15) is 13.2 Å². The Morgan fingerprint density at radius 2 is 2.00 bits per heavy atom. The first-order valence-corrected chi connectivity index (χ1v) is 6.77. The second-order valence-electron chi connectivity index (χ2n) is 4.78. The maximum absolute atomic E-state index is 12.9. The molecule has 0 radical (unpaired) electrons. The zero-order chi connectivity index (χ0) is 15.4. The van der Waals surface area contributed by atoms with Gasteiger partial charge in [-0.1, -0.05) is 15.9 Å². The van der Waals surface area contributed by atoms with Crippen molar-refractivity contribution in [3.05, 3.63) is 28.2 Å². The molecular formula is C13H17BrF3NO2. The highest BCUT2D eigenvalue weighted by atomic mass is 79.9. The summed E-state index contributed by atoms with van der Waals surface area (Å²) in [6.07, 6.45) is -4.13. The van der Waals surface area contributed by atoms with Gasteiger partial charge in [0.25, 0.3) is 0 Å². The molecule has 1 aromatic carbocycles. The molecule has 0 aliphatic carbocycles. The molecule has 1 rings (SSSR count). The number of alkyl halides is 3. The SMILES string of the molecule is COCCC(C)(O)CNc1ccc(Br)cc1C(F)(F)F. The highest BCUT2D eigenvalue weighted by molar-refractivity contribution is 9.10. The Morgan fingerprint density at radius 1 is 1.35 bits per heavy atom. The molecule has 114 valence electrons. The lowest BCUT2D eigenvalue weighted by atomic mass is 10.0. The lowest BCUT2D eigenvalue weighted by molar-refractivity contribution is -0.137. The van der Waals surface area contributed by atoms with Gasteiger partial charge in [-0.25, -0.2) is 0 Å². The summed E-state index contributed by atoms with van der Waals surface area (Å²) >= 11 is 3.02. The summed E-state index contributed by atoms with van der Waals surface area (Å²) in [5.41, 5.74) is -1.97. The van der Waals surface area contributed by atoms with Crippen molar-refractivity contribution in [2.24, 2.45) is 0 Å². The number of hydrogen-bond donors (Lipinski definition) is 2. The lowest BCUT2D eigenvalue weighted by Crippen LogP contribution is -2.35. The Morgan fingerprint density at radius 3 is 2.55 bits per heavy atom. The van der Waals surface area contributed by atoms with Crippen LogP contribution in [0.4, 0.5) is 18.9 Å². The smallest absolute Gasteiger partial charge is 0.388 e. The molecule has 3 nitrogen and oxygen atoms in total. The molecule has 0 heterocycles. The molecular weight excluding hydrogens is 339 g/mol. The number of anilines is 1. The predicted octanol–water partition coefficient (Wildman–Crippen LogP) is 3.67. The van der Waals surface area contributed by atoms with Gasteiger partial charge in [0.15, 0.2) is 0 Å². The van der Waals surface area contributed by atoms with Crippen molar-refractivity contribution >= 4 is 21.6 Å². The van der Waals surface area contributed by atoms with Gasteiger partial charge < -0.3 is 15.2 Å². The van der Waals surface area contributed by atoms with Crippen molar-refractivity contribution in [1.29, 1.82) is 0 Å². The zero-order valence-corrected chi connectivity index (χ0v) is 12.8. The number of aliphatic hydroxyl groups is 1. The fourth-order valence-electron chi connectivity index (χ4n) is 1.60. The van der Waals surface area contributed by atoms with Crippen molar-refractivity contribution in [3.8, 4) is 0 Å². The van der Waals surface area contributed by atoms with Crippen molar-refractivity contribution in [3.63, 3.8) is 0 Å². The Balaban J connectivity index is 2.83. The predicted molar refractivity (Wildman–Crippen MR) is 74.8 cm³/mol. The monoisotopic (exact) mass is 355 g/mol. The van der Waals surface area contributed by atoms with Gasteiger partial charge in [0.1, 0.15) is 0 Å². The number of rotatable bonds is 6. The van der Waals surface area contributed by atoms with Gasteiger partial charge in [-0.05, 0) is 25.1 Å². The van der Waals surface area contributed by atoms with E-state index in [1.165, 1.54) is 19.2 Å². The maximum Gasteiger partial charge on any atom is 0.418 e. The first kappa shape index (κ1) is 17.3. The molecule has 0 spiro atoms. The first-order chi connectivity index (χ1) is 9.15. The molecule has 0 aliphatic rings. The molecule has 1 aromatic rings. The Hall–Kier alpha value is -0.790. The van der Waals surface area contributed by atoms with Crippen LogP contribution in [-0.2, 0) is 10.9 Å². The summed E-state index contributed by atoms with van der Waals surface area (Å²) < 4.78 is 43.9. The molecule has 1 atom stereocenters. The lowest BCUT2D eigenvalue weighted by Gasteiger charge is -2.25. The number of ether oxygens (including phenoxy) is 1. The third-order valence-electron chi connectivity index (χ3n) is 2.79. The van der Waals surface area contributed by atoms with Crippen molar-refractivity contribution < 1.29 is 23.0 Å². The zero-order valence-electron chi connectivity index (χ0n) is 11.2. The second kappa shape index (κ2) is 6.78. The third-order valence-corrected chi connectivity index (χ3v) is 3.28. The highest BCUT2D eigenvalue weighted by Gasteiger charge is 2.34. The van der Waals surface area contributed by atoms with Crippen LogP contribution in [0.3, 0.4) is 0 Å². The normalized spacial score (nSPS) is 14.9. The standard InChI is InChI=1S/C13H17BrF3NO2/c1-12(19,5-6-20-2)8-18-11-4-3-9(14)7-10(11)13(15,16)17/h3-4,7,18-19H,5-6,8H2,1-2H3. The van der Waals surface area contributed by atoms with Crippen molar-refractivity contribution in [2.75, 3.05) is 25.6 Å². The topological polar surface area (TPSA) is 41.5 Å². The van der Waals surface area contributed by atoms with E-state index in [1.54, 1.807) is 6.92 Å². The van der Waals surface area contributed by atoms with Crippen LogP contribution in [0.25, 0.3) is 0 Å². The van der Waals surface area contributed by atoms with Gasteiger partial charge >= 0.3 is 6.18 Å². The molecule has 2 N–H and O–H groups in total. The van der Waals surface area contributed by atoms with Gasteiger partial charge in [-0.15, -0.1) is 0 Å². The Kier molecular flexibility index (Phi) is 5.85. The first-order valence-electron chi connectivity index (χ1n) is 5.98. The highest BCUT2D eigenvalue weighted by Crippen LogP contribution is 2.36. The minimum atomic E-state index is -4.45. The molecule has 0 bridgehead atoms. The van der Waals surface area contributed by atoms with Gasteiger partial charge in [0.05, 0.1) is 11.2 Å². The van der Waals surface area contributed by atoms with Crippen LogP contribution in [0.2, 0.25) is 0 Å². The Labute approximate surface area is 124 Å². The molecule has 0 saturated carbocycles. The molecule has 7 heteroatoms. The van der Waals surface area contributed by atoms with Crippen LogP contribution in [0.15, 0.2) is 22.7 Å². The molecule has 0 aromatic heterocycles. The second-order valence-corrected chi connectivity index (χ2v) is 5.70. The molecule has 0 fully saturated rings. The van der Waals surface area contributed by atoms with Crippen LogP contribution in [0.5, 0.6) is 0 Å². The summed E-state index contributed by atoms with van der Waals surface area (Å²) in [6, 6.07) is 3.85. The fraction of sp³-hybridized carbons (Fsp3) is 0.538. The van der Waals surface area contributed by atoms with E-state index >= 15 is 0 Å². The minimum absolute atomic E-state index is 0.00106. The average Bonchev–Trinajstić information content (AvgIpc) is 2.34. The summed E-state index contributed by atoms with van der Waals surface area (Å²) in [5.74, 6) is 0. The fourth-order valence-corrected chi connectivity index (χ4v) is 1.96. The number of hydrogen-bond acceptors (Lipinski definition) is 3. The molecule has 0 aliphatic heterocycles. The Bertz CT molecular complexity index is 450. The van der Waals surface area contributed by atoms with Crippen molar-refractivity contribution in [1.82, 2.24) is 0 Å². The van der Waals surface area contributed by atoms with Crippen LogP contribution < -0.4 is 5.32 Å². The van der Waals surface area contributed by atoms with E-state index in [0.717, 1.165) is 6.07 Å². The molecule has 1 unspecified atom stereocenters. The summed E-state index contributed by atoms with van der Waals surface area (Å²) in [5, 5.41) is 12.7. The summed E-state index contributed by atoms with van der Waals surface area (Å²) in [6.45, 7) is 1.88. The van der Waals surface area contributed by atoms with E-state index in [2.05, 4.69) is 21.2 Å². The van der Waals surface area contributed by atoms with Crippen LogP contribution in [-0.4, -0.2) is 31.0 Å². The van der Waals surface area contributed by atoms with E-state index in [1.807, 2.05) is 0 Å². The quantitative estimate of drug-likeness (QED) is 0.817. The number of benzene rings is 1. The minimum Gasteiger partial charge on any atom is -0.388 e. The summed E-state index contributed by atoms with van der Waals surface area (Å²) in [4.78, 5) is 0. The molecule has 20 heavy (non-hydrogen) atoms.